The zero-order chi connectivity index (χ0) is 18.1. The van der Waals surface area contributed by atoms with Crippen molar-refractivity contribution < 1.29 is 0 Å². The Morgan fingerprint density at radius 2 is 1.58 bits per heavy atom. The van der Waals surface area contributed by atoms with Crippen LogP contribution in [0.3, 0.4) is 0 Å². The second kappa shape index (κ2) is 6.99. The molecule has 1 heterocycles. The standard InChI is InChI=1S/C22H15Cl2NO/c23-13-14-3-1-4-15(9-14)16-7-8-17-12-21(25-22(26)20(17)11-16)18-5-2-6-19(24)10-18/h1-12H,13H2,(H,25,26). The van der Waals surface area contributed by atoms with E-state index in [0.717, 1.165) is 33.3 Å². The number of hydrogen-bond acceptors (Lipinski definition) is 1. The van der Waals surface area contributed by atoms with E-state index < -0.39 is 0 Å². The molecule has 0 unspecified atom stereocenters. The number of aromatic amines is 1. The van der Waals surface area contributed by atoms with Gasteiger partial charge >= 0.3 is 0 Å². The van der Waals surface area contributed by atoms with E-state index in [1.165, 1.54) is 0 Å². The van der Waals surface area contributed by atoms with Crippen LogP contribution in [0.25, 0.3) is 33.2 Å². The molecule has 1 aromatic heterocycles. The van der Waals surface area contributed by atoms with E-state index in [9.17, 15) is 4.79 Å². The maximum Gasteiger partial charge on any atom is 0.256 e. The zero-order valence-corrected chi connectivity index (χ0v) is 15.3. The minimum Gasteiger partial charge on any atom is -0.321 e. The summed E-state index contributed by atoms with van der Waals surface area (Å²) in [5.74, 6) is 0.463. The lowest BCUT2D eigenvalue weighted by Crippen LogP contribution is -2.07. The fraction of sp³-hybridized carbons (Fsp3) is 0.0455. The summed E-state index contributed by atoms with van der Waals surface area (Å²) in [5.41, 5.74) is 4.61. The lowest BCUT2D eigenvalue weighted by Gasteiger charge is -2.08. The molecule has 3 aromatic carbocycles. The van der Waals surface area contributed by atoms with E-state index in [-0.39, 0.29) is 5.56 Å². The summed E-state index contributed by atoms with van der Waals surface area (Å²) in [6.07, 6.45) is 0. The first-order valence-electron chi connectivity index (χ1n) is 8.22. The number of hydrogen-bond donors (Lipinski definition) is 1. The van der Waals surface area contributed by atoms with Crippen LogP contribution in [0, 0.1) is 0 Å². The van der Waals surface area contributed by atoms with E-state index in [4.69, 9.17) is 23.2 Å². The summed E-state index contributed by atoms with van der Waals surface area (Å²) in [7, 11) is 0. The monoisotopic (exact) mass is 379 g/mol. The van der Waals surface area contributed by atoms with Crippen LogP contribution in [0.1, 0.15) is 5.56 Å². The molecular weight excluding hydrogens is 365 g/mol. The molecule has 26 heavy (non-hydrogen) atoms. The number of nitrogens with one attached hydrogen (secondary N) is 1. The van der Waals surface area contributed by atoms with Crippen molar-refractivity contribution in [1.29, 1.82) is 0 Å². The fourth-order valence-corrected chi connectivity index (χ4v) is 3.44. The molecular formula is C22H15Cl2NO. The van der Waals surface area contributed by atoms with E-state index in [1.54, 1.807) is 0 Å². The van der Waals surface area contributed by atoms with Gasteiger partial charge in [0.2, 0.25) is 0 Å². The normalized spacial score (nSPS) is 11.0. The topological polar surface area (TPSA) is 32.9 Å². The smallest absolute Gasteiger partial charge is 0.256 e. The number of alkyl halides is 1. The summed E-state index contributed by atoms with van der Waals surface area (Å²) in [6.45, 7) is 0. The Kier molecular flexibility index (Phi) is 4.54. The van der Waals surface area contributed by atoms with Gasteiger partial charge in [-0.1, -0.05) is 54.1 Å². The van der Waals surface area contributed by atoms with Crippen LogP contribution in [0.4, 0.5) is 0 Å². The molecule has 0 aliphatic heterocycles. The third-order valence-electron chi connectivity index (χ3n) is 4.40. The maximum absolute atomic E-state index is 12.7. The van der Waals surface area contributed by atoms with Crippen molar-refractivity contribution in [3.05, 3.63) is 93.7 Å². The Balaban J connectivity index is 1.84. The molecule has 0 bridgehead atoms. The van der Waals surface area contributed by atoms with E-state index >= 15 is 0 Å². The van der Waals surface area contributed by atoms with Crippen molar-refractivity contribution in [2.75, 3.05) is 0 Å². The molecule has 0 aliphatic rings. The SMILES string of the molecule is O=c1[nH]c(-c2cccc(Cl)c2)cc2ccc(-c3cccc(CCl)c3)cc12. The minimum absolute atomic E-state index is 0.118. The van der Waals surface area contributed by atoms with E-state index in [0.29, 0.717) is 16.3 Å². The Labute approximate surface area is 161 Å². The number of halogens is 2. The average molecular weight is 380 g/mol. The number of rotatable bonds is 3. The molecule has 4 heteroatoms. The van der Waals surface area contributed by atoms with Gasteiger partial charge in [0.25, 0.3) is 5.56 Å². The van der Waals surface area contributed by atoms with Crippen molar-refractivity contribution in [2.24, 2.45) is 0 Å². The molecule has 0 aliphatic carbocycles. The summed E-state index contributed by atoms with van der Waals surface area (Å²) in [6, 6.07) is 23.4. The van der Waals surface area contributed by atoms with Crippen LogP contribution < -0.4 is 5.56 Å². The van der Waals surface area contributed by atoms with Gasteiger partial charge in [-0.05, 0) is 58.0 Å². The highest BCUT2D eigenvalue weighted by Gasteiger charge is 2.07. The Morgan fingerprint density at radius 3 is 2.38 bits per heavy atom. The van der Waals surface area contributed by atoms with Gasteiger partial charge in [-0.15, -0.1) is 11.6 Å². The first-order valence-corrected chi connectivity index (χ1v) is 9.13. The summed E-state index contributed by atoms with van der Waals surface area (Å²) >= 11 is 12.0. The Hall–Kier alpha value is -2.55. The van der Waals surface area contributed by atoms with Gasteiger partial charge in [-0.25, -0.2) is 0 Å². The molecule has 0 fully saturated rings. The molecule has 0 spiro atoms. The van der Waals surface area contributed by atoms with Gasteiger partial charge in [0.15, 0.2) is 0 Å². The lowest BCUT2D eigenvalue weighted by molar-refractivity contribution is 1.28. The average Bonchev–Trinajstić information content (AvgIpc) is 2.67. The summed E-state index contributed by atoms with van der Waals surface area (Å²) < 4.78 is 0. The summed E-state index contributed by atoms with van der Waals surface area (Å²) in [5, 5.41) is 2.18. The van der Waals surface area contributed by atoms with Gasteiger partial charge in [-0.2, -0.15) is 0 Å². The summed E-state index contributed by atoms with van der Waals surface area (Å²) in [4.78, 5) is 15.6. The lowest BCUT2D eigenvalue weighted by atomic mass is 10.00. The van der Waals surface area contributed by atoms with Crippen LogP contribution in [0.2, 0.25) is 5.02 Å². The highest BCUT2D eigenvalue weighted by molar-refractivity contribution is 6.30. The van der Waals surface area contributed by atoms with E-state index in [2.05, 4.69) is 4.98 Å². The molecule has 4 rings (SSSR count). The Morgan fingerprint density at radius 1 is 0.808 bits per heavy atom. The zero-order valence-electron chi connectivity index (χ0n) is 13.8. The highest BCUT2D eigenvalue weighted by Crippen LogP contribution is 2.27. The van der Waals surface area contributed by atoms with Crippen molar-refractivity contribution >= 4 is 34.0 Å². The van der Waals surface area contributed by atoms with Crippen LogP contribution >= 0.6 is 23.2 Å². The van der Waals surface area contributed by atoms with Crippen LogP contribution in [0.5, 0.6) is 0 Å². The van der Waals surface area contributed by atoms with Crippen molar-refractivity contribution in [2.45, 2.75) is 5.88 Å². The first kappa shape index (κ1) is 16.9. The second-order valence-corrected chi connectivity index (χ2v) is 6.86. The van der Waals surface area contributed by atoms with Crippen molar-refractivity contribution in [1.82, 2.24) is 4.98 Å². The molecule has 4 aromatic rings. The number of H-pyrrole nitrogens is 1. The fourth-order valence-electron chi connectivity index (χ4n) is 3.09. The molecule has 0 amide bonds. The predicted molar refractivity (Wildman–Crippen MR) is 110 cm³/mol. The first-order chi connectivity index (χ1) is 12.6. The van der Waals surface area contributed by atoms with Crippen molar-refractivity contribution in [3.8, 4) is 22.4 Å². The molecule has 0 radical (unpaired) electrons. The molecule has 2 nitrogen and oxygen atoms in total. The molecule has 1 N–H and O–H groups in total. The van der Waals surface area contributed by atoms with Crippen LogP contribution in [-0.4, -0.2) is 4.98 Å². The highest BCUT2D eigenvalue weighted by atomic mass is 35.5. The van der Waals surface area contributed by atoms with Gasteiger partial charge in [0.05, 0.1) is 0 Å². The van der Waals surface area contributed by atoms with Gasteiger partial charge in [0, 0.05) is 22.0 Å². The largest absolute Gasteiger partial charge is 0.321 e. The van der Waals surface area contributed by atoms with Crippen molar-refractivity contribution in [3.63, 3.8) is 0 Å². The minimum atomic E-state index is -0.118. The molecule has 0 saturated carbocycles. The molecule has 0 atom stereocenters. The number of fused-ring (bicyclic) bond motifs is 1. The quantitative estimate of drug-likeness (QED) is 0.419. The Bertz CT molecular complexity index is 1160. The van der Waals surface area contributed by atoms with Gasteiger partial charge in [0.1, 0.15) is 0 Å². The van der Waals surface area contributed by atoms with Crippen LogP contribution in [-0.2, 0) is 5.88 Å². The van der Waals surface area contributed by atoms with Gasteiger partial charge in [-0.3, -0.25) is 4.79 Å². The third kappa shape index (κ3) is 3.26. The third-order valence-corrected chi connectivity index (χ3v) is 4.94. The number of aromatic nitrogens is 1. The second-order valence-electron chi connectivity index (χ2n) is 6.16. The predicted octanol–water partition coefficient (Wildman–Crippen LogP) is 6.25. The maximum atomic E-state index is 12.7. The molecule has 0 saturated heterocycles. The molecule has 128 valence electrons. The van der Waals surface area contributed by atoms with Crippen LogP contribution in [0.15, 0.2) is 77.6 Å². The van der Waals surface area contributed by atoms with E-state index in [1.807, 2.05) is 72.8 Å². The van der Waals surface area contributed by atoms with Gasteiger partial charge < -0.3 is 4.98 Å². The number of benzene rings is 3. The number of pyridine rings is 1.